The second-order valence-electron chi connectivity index (χ2n) is 19.5. The average molecular weight is 974 g/mol. The normalized spacial score (nSPS) is 36.1. The maximum absolute atomic E-state index is 17.0. The van der Waals surface area contributed by atoms with Crippen LogP contribution in [0.2, 0.25) is 0 Å². The van der Waals surface area contributed by atoms with E-state index in [2.05, 4.69) is 25.4 Å². The molecule has 0 radical (unpaired) electrons. The number of ketones is 1. The van der Waals surface area contributed by atoms with E-state index in [1.807, 2.05) is 45.8 Å². The molecule has 2 aromatic heterocycles. The SMILES string of the molecule is CCC(=O)N=C1[C@H](C)C[C@@]2(C)OC/C(=N/OCc3ccc(-c4nc(NC(=O)[C@H](C)N)cs4)cn3)CC[C@H]([C@H]1C)C(C)(O)[C@@H](CC)OC(=O)[C@@](C)(F)C(=O)[C@H](C)[C@H]2O[C@@H]1O[C@H](C)C[C@H](N(C)C)[C@H]1O. The first-order valence-electron chi connectivity index (χ1n) is 23.6. The van der Waals surface area contributed by atoms with Crippen LogP contribution in [0.4, 0.5) is 10.2 Å². The fourth-order valence-corrected chi connectivity index (χ4v) is 10.4. The van der Waals surface area contributed by atoms with E-state index in [1.165, 1.54) is 25.2 Å². The molecule has 3 aliphatic rings. The first kappa shape index (κ1) is 54.8. The zero-order valence-corrected chi connectivity index (χ0v) is 42.3. The zero-order chi connectivity index (χ0) is 50.5. The van der Waals surface area contributed by atoms with Gasteiger partial charge in [0.25, 0.3) is 5.67 Å². The number of nitrogens with two attached hydrogens (primary N) is 1. The number of nitrogens with zero attached hydrogens (tertiary/aromatic N) is 5. The molecule has 68 heavy (non-hydrogen) atoms. The van der Waals surface area contributed by atoms with E-state index in [4.69, 9.17) is 29.5 Å². The Bertz CT molecular complexity index is 2150. The van der Waals surface area contributed by atoms with Gasteiger partial charge >= 0.3 is 5.97 Å². The van der Waals surface area contributed by atoms with Gasteiger partial charge < -0.3 is 49.9 Å². The Morgan fingerprint density at radius 1 is 1.13 bits per heavy atom. The van der Waals surface area contributed by atoms with Gasteiger partial charge in [0.15, 0.2) is 18.7 Å². The van der Waals surface area contributed by atoms with Crippen molar-refractivity contribution in [2.24, 2.45) is 39.6 Å². The number of nitrogens with one attached hydrogen (secondary N) is 1. The van der Waals surface area contributed by atoms with Crippen molar-refractivity contribution in [1.29, 1.82) is 0 Å². The van der Waals surface area contributed by atoms with Crippen LogP contribution in [0.3, 0.4) is 0 Å². The van der Waals surface area contributed by atoms with Crippen LogP contribution in [0.15, 0.2) is 33.9 Å². The number of alkyl halides is 1. The van der Waals surface area contributed by atoms with Gasteiger partial charge in [-0.15, -0.1) is 11.3 Å². The Balaban J connectivity index is 1.60. The number of aliphatic hydroxyl groups is 2. The summed E-state index contributed by atoms with van der Waals surface area (Å²) in [5, 5.41) is 33.9. The minimum atomic E-state index is -3.20. The number of oxime groups is 1. The van der Waals surface area contributed by atoms with Crippen LogP contribution in [-0.2, 0) is 49.6 Å². The Morgan fingerprint density at radius 2 is 1.84 bits per heavy atom. The number of carbonyl (C=O) groups is 4. The Morgan fingerprint density at radius 3 is 2.46 bits per heavy atom. The monoisotopic (exact) mass is 973 g/mol. The molecule has 2 aromatic rings. The minimum Gasteiger partial charge on any atom is -0.457 e. The van der Waals surface area contributed by atoms with Crippen molar-refractivity contribution in [2.75, 3.05) is 26.0 Å². The lowest BCUT2D eigenvalue weighted by Crippen LogP contribution is -2.61. The Hall–Kier alpha value is -4.15. The van der Waals surface area contributed by atoms with Crippen molar-refractivity contribution < 1.29 is 57.6 Å². The van der Waals surface area contributed by atoms with Gasteiger partial charge in [0.1, 0.15) is 28.6 Å². The highest BCUT2D eigenvalue weighted by Crippen LogP contribution is 2.43. The number of carbonyl (C=O) groups excluding carboxylic acids is 4. The number of ether oxygens (including phenoxy) is 4. The second-order valence-corrected chi connectivity index (χ2v) is 20.4. The molecular weight excluding hydrogens is 902 g/mol. The van der Waals surface area contributed by atoms with Gasteiger partial charge in [0, 0.05) is 47.2 Å². The number of aromatic nitrogens is 2. The summed E-state index contributed by atoms with van der Waals surface area (Å²) < 4.78 is 42.7. The van der Waals surface area contributed by atoms with E-state index < -0.39 is 89.0 Å². The third-order valence-corrected chi connectivity index (χ3v) is 14.6. The molecule has 0 spiro atoms. The average Bonchev–Trinajstić information content (AvgIpc) is 3.75. The molecule has 1 unspecified atom stereocenters. The first-order chi connectivity index (χ1) is 31.8. The topological polar surface area (TPSA) is 247 Å². The number of esters is 1. The fraction of sp³-hybridized carbons (Fsp3) is 0.708. The number of anilines is 1. The molecule has 18 nitrogen and oxygen atoms in total. The second kappa shape index (κ2) is 22.7. The number of cyclic esters (lactones) is 1. The van der Waals surface area contributed by atoms with Gasteiger partial charge in [-0.05, 0) is 105 Å². The van der Waals surface area contributed by atoms with Gasteiger partial charge in [0.2, 0.25) is 11.8 Å². The quantitative estimate of drug-likeness (QED) is 0.125. The summed E-state index contributed by atoms with van der Waals surface area (Å²) in [7, 11) is 3.64. The number of pyridine rings is 1. The number of hydrogen-bond acceptors (Lipinski definition) is 17. The maximum Gasteiger partial charge on any atom is 0.351 e. The predicted octanol–water partition coefficient (Wildman–Crippen LogP) is 5.42. The van der Waals surface area contributed by atoms with Gasteiger partial charge in [-0.3, -0.25) is 19.4 Å². The van der Waals surface area contributed by atoms with Crippen molar-refractivity contribution in [2.45, 2.75) is 174 Å². The first-order valence-corrected chi connectivity index (χ1v) is 24.4. The van der Waals surface area contributed by atoms with Crippen LogP contribution in [0.1, 0.15) is 113 Å². The number of Topliss-reactive ketones (excluding diaryl/α,β-unsaturated/α-hetero) is 1. The van der Waals surface area contributed by atoms with E-state index in [1.54, 1.807) is 45.3 Å². The molecule has 5 rings (SSSR count). The highest BCUT2D eigenvalue weighted by Gasteiger charge is 2.56. The van der Waals surface area contributed by atoms with Crippen molar-refractivity contribution >= 4 is 52.1 Å². The lowest BCUT2D eigenvalue weighted by molar-refractivity contribution is -0.296. The van der Waals surface area contributed by atoms with Crippen LogP contribution in [0.5, 0.6) is 0 Å². The number of fused-ring (bicyclic) bond motifs is 5. The molecule has 2 bridgehead atoms. The molecule has 3 fully saturated rings. The number of thiazole rings is 1. The molecular formula is C48H72FN7O11S. The van der Waals surface area contributed by atoms with Crippen molar-refractivity contribution in [1.82, 2.24) is 14.9 Å². The summed E-state index contributed by atoms with van der Waals surface area (Å²) in [6.07, 6.45) is -2.96. The van der Waals surface area contributed by atoms with E-state index in [-0.39, 0.29) is 63.2 Å². The van der Waals surface area contributed by atoms with Gasteiger partial charge in [-0.2, -0.15) is 0 Å². The molecule has 2 amide bonds. The number of aliphatic hydroxyl groups excluding tert-OH is 1. The number of hydrogen-bond donors (Lipinski definition) is 4. The molecule has 5 heterocycles. The van der Waals surface area contributed by atoms with Gasteiger partial charge in [0.05, 0.1) is 41.9 Å². The molecule has 0 aromatic carbocycles. The van der Waals surface area contributed by atoms with E-state index in [0.29, 0.717) is 39.9 Å². The summed E-state index contributed by atoms with van der Waals surface area (Å²) in [6, 6.07) is 2.47. The molecule has 0 aliphatic carbocycles. The third-order valence-electron chi connectivity index (χ3n) is 13.7. The number of aliphatic imine (C=N–C) groups is 1. The minimum absolute atomic E-state index is 0.0357. The van der Waals surface area contributed by atoms with Crippen LogP contribution in [-0.4, -0.2) is 140 Å². The molecule has 378 valence electrons. The summed E-state index contributed by atoms with van der Waals surface area (Å²) in [6.45, 7) is 15.8. The molecule has 3 saturated heterocycles. The zero-order valence-electron chi connectivity index (χ0n) is 41.5. The molecule has 20 heteroatoms. The smallest absolute Gasteiger partial charge is 0.351 e. The highest BCUT2D eigenvalue weighted by atomic mass is 32.1. The van der Waals surface area contributed by atoms with E-state index in [9.17, 15) is 29.4 Å². The summed E-state index contributed by atoms with van der Waals surface area (Å²) in [5.74, 6) is -6.42. The summed E-state index contributed by atoms with van der Waals surface area (Å²) in [4.78, 5) is 75.3. The maximum atomic E-state index is 17.0. The number of likely N-dealkylation sites (N-methyl/N-ethyl adjacent to an activating group) is 1. The van der Waals surface area contributed by atoms with Crippen LogP contribution in [0, 0.1) is 23.7 Å². The van der Waals surface area contributed by atoms with Gasteiger partial charge in [-0.25, -0.2) is 19.2 Å². The lowest BCUT2D eigenvalue weighted by Gasteiger charge is -2.48. The lowest BCUT2D eigenvalue weighted by atomic mass is 9.68. The van der Waals surface area contributed by atoms with Crippen molar-refractivity contribution in [3.63, 3.8) is 0 Å². The van der Waals surface area contributed by atoms with Crippen LogP contribution in [0.25, 0.3) is 10.6 Å². The Labute approximate surface area is 403 Å². The molecule has 0 saturated carbocycles. The molecule has 5 N–H and O–H groups in total. The standard InChI is InChI=1S/C48H72FN7O11S/c1-13-35-48(10,62)33-18-17-32(55-64-23-31-16-15-30(21-51-31)43-53-36(24-68-43)52-42(60)29(7)50)22-63-46(8,20-25(3)38(27(33)5)54-37(57)14-2)41(28(6)40(59)47(9,49)45(61)66-35)67-44-39(58)34(56(11)12)19-26(4)65-44/h15-16,21,24-29,33-35,39,41,44,58,62H,13-14,17-20,22-23,50H2,1-12H3,(H,52,60)/b54-38?,55-32+/t25-,26-,27-,28+,29+,33-,34+,35-,39-,41-,44+,46-,47+,48?/m1/s1. The Kier molecular flexibility index (Phi) is 18.3. The van der Waals surface area contributed by atoms with E-state index >= 15 is 4.39 Å². The van der Waals surface area contributed by atoms with Crippen LogP contribution < -0.4 is 11.1 Å². The van der Waals surface area contributed by atoms with Crippen LogP contribution >= 0.6 is 11.3 Å². The summed E-state index contributed by atoms with van der Waals surface area (Å²) in [5.41, 5.74) is 1.14. The van der Waals surface area contributed by atoms with Crippen molar-refractivity contribution in [3.8, 4) is 10.6 Å². The van der Waals surface area contributed by atoms with Gasteiger partial charge in [-0.1, -0.05) is 39.8 Å². The fourth-order valence-electron chi connectivity index (χ4n) is 9.70. The largest absolute Gasteiger partial charge is 0.457 e. The molecule has 14 atom stereocenters. The third kappa shape index (κ3) is 12.6. The predicted molar refractivity (Wildman–Crippen MR) is 254 cm³/mol. The highest BCUT2D eigenvalue weighted by molar-refractivity contribution is 7.13. The van der Waals surface area contributed by atoms with E-state index in [0.717, 1.165) is 6.92 Å². The number of halogens is 1. The number of rotatable bonds is 11. The summed E-state index contributed by atoms with van der Waals surface area (Å²) >= 11 is 1.33. The van der Waals surface area contributed by atoms with Crippen molar-refractivity contribution in [3.05, 3.63) is 29.4 Å². The molecule has 3 aliphatic heterocycles. The number of amides is 2.